The van der Waals surface area contributed by atoms with E-state index in [1.807, 2.05) is 34.1 Å². The lowest BCUT2D eigenvalue weighted by Gasteiger charge is -2.35. The first-order valence-electron chi connectivity index (χ1n) is 13.7. The molecule has 2 fully saturated rings. The molecule has 1 saturated heterocycles. The highest BCUT2D eigenvalue weighted by atomic mass is 19.4. The molecule has 2 aliphatic heterocycles. The third-order valence-electron chi connectivity index (χ3n) is 8.73. The van der Waals surface area contributed by atoms with E-state index < -0.39 is 11.6 Å². The Balaban J connectivity index is 1.11. The quantitative estimate of drug-likeness (QED) is 0.361. The van der Waals surface area contributed by atoms with Gasteiger partial charge in [0.2, 0.25) is 0 Å². The first-order chi connectivity index (χ1) is 18.7. The van der Waals surface area contributed by atoms with Crippen molar-refractivity contribution < 1.29 is 17.6 Å². The van der Waals surface area contributed by atoms with Crippen molar-refractivity contribution in [2.75, 3.05) is 44.7 Å². The molecule has 1 saturated carbocycles. The maximum Gasteiger partial charge on any atom is 0.395 e. The zero-order valence-corrected chi connectivity index (χ0v) is 22.0. The fourth-order valence-electron chi connectivity index (χ4n) is 6.04. The van der Waals surface area contributed by atoms with E-state index in [4.69, 9.17) is 0 Å². The number of alkyl halides is 4. The minimum absolute atomic E-state index is 0.117. The van der Waals surface area contributed by atoms with Gasteiger partial charge in [-0.1, -0.05) is 18.7 Å². The van der Waals surface area contributed by atoms with Crippen molar-refractivity contribution in [1.82, 2.24) is 24.6 Å². The van der Waals surface area contributed by atoms with Crippen LogP contribution in [0.15, 0.2) is 48.9 Å². The van der Waals surface area contributed by atoms with Crippen LogP contribution in [0.25, 0.3) is 21.9 Å². The molecular formula is C29H34F4N6. The van der Waals surface area contributed by atoms with Crippen molar-refractivity contribution in [3.8, 4) is 11.1 Å². The minimum Gasteiger partial charge on any atom is -0.344 e. The van der Waals surface area contributed by atoms with E-state index in [1.54, 1.807) is 0 Å². The van der Waals surface area contributed by atoms with Crippen LogP contribution in [0.4, 0.5) is 23.4 Å². The first kappa shape index (κ1) is 26.3. The standard InChI is InChI=1S/C29H34F4N6/c1-20(21-4-9-38(10-5-21)19-28(6-7-28)29(31,32)33)36-27-15-24-14-22(2-3-23(24)16-34-27)25-17-35-39-13-12-37(11-8-30)18-26(25)39/h2-3,14-17,21H,1,4-13,18-19H2,(H,34,36). The number of piperidine rings is 1. The lowest BCUT2D eigenvalue weighted by atomic mass is 9.92. The molecule has 208 valence electrons. The molecule has 10 heteroatoms. The van der Waals surface area contributed by atoms with Gasteiger partial charge in [0, 0.05) is 54.9 Å². The molecule has 0 radical (unpaired) electrons. The van der Waals surface area contributed by atoms with Crippen molar-refractivity contribution >= 4 is 16.6 Å². The molecule has 0 atom stereocenters. The second-order valence-corrected chi connectivity index (χ2v) is 11.3. The van der Waals surface area contributed by atoms with Crippen LogP contribution in [0.2, 0.25) is 0 Å². The van der Waals surface area contributed by atoms with Gasteiger partial charge in [0.15, 0.2) is 0 Å². The molecule has 39 heavy (non-hydrogen) atoms. The van der Waals surface area contributed by atoms with Crippen LogP contribution in [-0.2, 0) is 13.1 Å². The largest absolute Gasteiger partial charge is 0.395 e. The molecule has 0 spiro atoms. The number of nitrogens with zero attached hydrogens (tertiary/aromatic N) is 5. The maximum atomic E-state index is 13.4. The molecule has 1 aromatic carbocycles. The van der Waals surface area contributed by atoms with E-state index in [9.17, 15) is 17.6 Å². The molecule has 3 aliphatic rings. The Morgan fingerprint density at radius 2 is 1.82 bits per heavy atom. The van der Waals surface area contributed by atoms with Crippen LogP contribution < -0.4 is 5.32 Å². The number of nitrogens with one attached hydrogen (secondary N) is 1. The zero-order valence-electron chi connectivity index (χ0n) is 22.0. The zero-order chi connectivity index (χ0) is 27.2. The Labute approximate surface area is 225 Å². The van der Waals surface area contributed by atoms with Crippen LogP contribution in [-0.4, -0.2) is 70.1 Å². The third-order valence-corrected chi connectivity index (χ3v) is 8.73. The molecule has 2 aromatic heterocycles. The van der Waals surface area contributed by atoms with E-state index in [0.29, 0.717) is 32.0 Å². The Morgan fingerprint density at radius 1 is 1.03 bits per heavy atom. The van der Waals surface area contributed by atoms with E-state index in [-0.39, 0.29) is 32.0 Å². The Kier molecular flexibility index (Phi) is 6.87. The number of aromatic nitrogens is 3. The normalized spacial score (nSPS) is 20.2. The number of allylic oxidation sites excluding steroid dienone is 1. The van der Waals surface area contributed by atoms with Gasteiger partial charge in [-0.3, -0.25) is 9.58 Å². The van der Waals surface area contributed by atoms with Crippen molar-refractivity contribution in [1.29, 1.82) is 0 Å². The summed E-state index contributed by atoms with van der Waals surface area (Å²) in [5.74, 6) is 0.893. The second-order valence-electron chi connectivity index (χ2n) is 11.3. The van der Waals surface area contributed by atoms with Crippen LogP contribution in [0.5, 0.6) is 0 Å². The smallest absolute Gasteiger partial charge is 0.344 e. The molecule has 6 rings (SSSR count). The number of fused-ring (bicyclic) bond motifs is 2. The first-order valence-corrected chi connectivity index (χ1v) is 13.7. The Hall–Kier alpha value is -2.98. The highest BCUT2D eigenvalue weighted by molar-refractivity contribution is 5.88. The molecular weight excluding hydrogens is 508 g/mol. The fraction of sp³-hybridized carbons (Fsp3) is 0.517. The Morgan fingerprint density at radius 3 is 2.54 bits per heavy atom. The van der Waals surface area contributed by atoms with Gasteiger partial charge in [0.1, 0.15) is 12.5 Å². The van der Waals surface area contributed by atoms with Gasteiger partial charge in [-0.2, -0.15) is 18.3 Å². The van der Waals surface area contributed by atoms with Gasteiger partial charge in [-0.05, 0) is 61.9 Å². The highest BCUT2D eigenvalue weighted by Gasteiger charge is 2.63. The lowest BCUT2D eigenvalue weighted by molar-refractivity contribution is -0.192. The maximum absolute atomic E-state index is 13.4. The van der Waals surface area contributed by atoms with Crippen LogP contribution >= 0.6 is 0 Å². The molecule has 6 nitrogen and oxygen atoms in total. The molecule has 1 N–H and O–H groups in total. The van der Waals surface area contributed by atoms with Crippen molar-refractivity contribution in [2.24, 2.45) is 11.3 Å². The van der Waals surface area contributed by atoms with E-state index >= 15 is 0 Å². The average molecular weight is 543 g/mol. The molecule has 3 aromatic rings. The van der Waals surface area contributed by atoms with Crippen LogP contribution in [0, 0.1) is 11.3 Å². The number of hydrogen-bond acceptors (Lipinski definition) is 5. The summed E-state index contributed by atoms with van der Waals surface area (Å²) in [5.41, 5.74) is 2.59. The summed E-state index contributed by atoms with van der Waals surface area (Å²) in [6, 6.07) is 8.25. The molecule has 0 amide bonds. The molecule has 0 bridgehead atoms. The average Bonchev–Trinajstić information content (AvgIpc) is 3.60. The predicted molar refractivity (Wildman–Crippen MR) is 144 cm³/mol. The van der Waals surface area contributed by atoms with Crippen LogP contribution in [0.1, 0.15) is 31.4 Å². The topological polar surface area (TPSA) is 49.2 Å². The third kappa shape index (κ3) is 5.28. The number of benzene rings is 1. The number of halogens is 4. The summed E-state index contributed by atoms with van der Waals surface area (Å²) in [4.78, 5) is 8.65. The summed E-state index contributed by atoms with van der Waals surface area (Å²) in [5, 5.41) is 9.97. The SMILES string of the molecule is C=C(Nc1cc2cc(-c3cnn4c3CN(CCF)CC4)ccc2cn1)C1CCN(CC2(C(F)(F)F)CC2)CC1. The van der Waals surface area contributed by atoms with Gasteiger partial charge < -0.3 is 10.2 Å². The number of pyridine rings is 1. The summed E-state index contributed by atoms with van der Waals surface area (Å²) >= 11 is 0. The van der Waals surface area contributed by atoms with Crippen molar-refractivity contribution in [3.05, 3.63) is 54.6 Å². The van der Waals surface area contributed by atoms with Gasteiger partial charge in [0.05, 0.1) is 23.9 Å². The fourth-order valence-corrected chi connectivity index (χ4v) is 6.04. The number of likely N-dealkylation sites (tertiary alicyclic amines) is 1. The highest BCUT2D eigenvalue weighted by Crippen LogP contribution is 2.58. The van der Waals surface area contributed by atoms with Crippen molar-refractivity contribution in [2.45, 2.75) is 44.9 Å². The van der Waals surface area contributed by atoms with Gasteiger partial charge >= 0.3 is 6.18 Å². The molecule has 4 heterocycles. The summed E-state index contributed by atoms with van der Waals surface area (Å²) in [7, 11) is 0. The summed E-state index contributed by atoms with van der Waals surface area (Å²) < 4.78 is 55.0. The van der Waals surface area contributed by atoms with E-state index in [1.165, 1.54) is 0 Å². The predicted octanol–water partition coefficient (Wildman–Crippen LogP) is 5.86. The monoisotopic (exact) mass is 542 g/mol. The number of rotatable bonds is 8. The second kappa shape index (κ2) is 10.2. The van der Waals surface area contributed by atoms with E-state index in [0.717, 1.165) is 59.2 Å². The van der Waals surface area contributed by atoms with Crippen molar-refractivity contribution in [3.63, 3.8) is 0 Å². The lowest BCUT2D eigenvalue weighted by Crippen LogP contribution is -2.42. The number of hydrogen-bond donors (Lipinski definition) is 1. The van der Waals surface area contributed by atoms with Gasteiger partial charge in [-0.15, -0.1) is 0 Å². The molecule has 0 unspecified atom stereocenters. The van der Waals surface area contributed by atoms with Gasteiger partial charge in [0.25, 0.3) is 0 Å². The molecule has 1 aliphatic carbocycles. The summed E-state index contributed by atoms with van der Waals surface area (Å²) in [6.07, 6.45) is 1.68. The Bertz CT molecular complexity index is 1350. The van der Waals surface area contributed by atoms with Gasteiger partial charge in [-0.25, -0.2) is 9.37 Å². The van der Waals surface area contributed by atoms with Crippen LogP contribution in [0.3, 0.4) is 0 Å². The minimum atomic E-state index is -4.11. The van der Waals surface area contributed by atoms with E-state index in [2.05, 4.69) is 39.0 Å². The number of anilines is 1. The summed E-state index contributed by atoms with van der Waals surface area (Å²) in [6.45, 7) is 7.96.